The molecule has 0 spiro atoms. The molecule has 0 unspecified atom stereocenters. The first kappa shape index (κ1) is 58.7. The van der Waals surface area contributed by atoms with E-state index in [2.05, 4.69) is 20.6 Å². The Morgan fingerprint density at radius 2 is 1.31 bits per heavy atom. The van der Waals surface area contributed by atoms with Crippen LogP contribution in [0, 0.1) is 5.41 Å². The molecule has 2 rings (SSSR count). The minimum Gasteiger partial charge on any atom is -0.726 e. The van der Waals surface area contributed by atoms with Crippen LogP contribution in [0.4, 0.5) is 0 Å². The van der Waals surface area contributed by atoms with Gasteiger partial charge in [-0.15, -0.1) is 0 Å². The van der Waals surface area contributed by atoms with Crippen LogP contribution in [0.2, 0.25) is 0 Å². The van der Waals surface area contributed by atoms with E-state index in [0.717, 1.165) is 39.0 Å². The average Bonchev–Trinajstić information content (AvgIpc) is 3.14. The molecule has 0 aromatic rings. The number of hydrogen-bond acceptors (Lipinski definition) is 22. The Morgan fingerprint density at radius 3 is 1.84 bits per heavy atom. The summed E-state index contributed by atoms with van der Waals surface area (Å²) in [6, 6.07) is -1.39. The molecule has 0 aliphatic carbocycles. The molecule has 0 radical (unpaired) electrons. The van der Waals surface area contributed by atoms with Crippen LogP contribution in [0.15, 0.2) is 0 Å². The summed E-state index contributed by atoms with van der Waals surface area (Å²) in [5, 5.41) is 74.9. The van der Waals surface area contributed by atoms with Crippen molar-refractivity contribution < 1.29 is 162 Å². The number of hydrogen-bond donors (Lipinski definition) is 8. The maximum Gasteiger partial charge on any atom is 1.00 e. The van der Waals surface area contributed by atoms with E-state index in [4.69, 9.17) is 28.4 Å². The predicted octanol–water partition coefficient (Wildman–Crippen LogP) is -10.1. The summed E-state index contributed by atoms with van der Waals surface area (Å²) in [6.45, 7) is -3.67. The van der Waals surface area contributed by atoms with Crippen LogP contribution in [0.25, 0.3) is 0 Å². The van der Waals surface area contributed by atoms with Gasteiger partial charge >= 0.3 is 59.1 Å². The first-order valence-electron chi connectivity index (χ1n) is 18.0. The predicted molar refractivity (Wildman–Crippen MR) is 183 cm³/mol. The van der Waals surface area contributed by atoms with Crippen molar-refractivity contribution in [3.8, 4) is 0 Å². The van der Waals surface area contributed by atoms with Crippen molar-refractivity contribution in [2.24, 2.45) is 5.41 Å². The van der Waals surface area contributed by atoms with Crippen molar-refractivity contribution in [2.75, 3.05) is 59.5 Å². The number of rotatable bonds is 27. The second-order valence-corrected chi connectivity index (χ2v) is 16.0. The standard InChI is InChI=1S/C31H59NO22S2.2Na/c1-4-5-6-7-8-9-10-47-28-22(32-20(3)37)27(54-29-25(40)24(39)23(38)19(2)52-29)26(48-16-30(12-33,13-34)17-50-55(41,42)43)21(53-28)11-49-31(14-35,15-36)18-51-56(44,45)46;;/h19,21-29,33-36,38-40H,4-18H2,1-3H3,(H,32,37)(H,41,42,43)(H,44,45,46);;/q;2*+1/p-2/t19-,21+,22+,23+,24+,25-,26+,27+,28-,29-;;/m0../s1. The van der Waals surface area contributed by atoms with E-state index in [-0.39, 0.29) is 65.7 Å². The number of nitrogens with one attached hydrogen (secondary N) is 1. The average molecular weight is 906 g/mol. The molecule has 27 heteroatoms. The monoisotopic (exact) mass is 905 g/mol. The van der Waals surface area contributed by atoms with E-state index in [1.807, 2.05) is 0 Å². The molecule has 2 aliphatic heterocycles. The van der Waals surface area contributed by atoms with Crippen LogP contribution in [0.1, 0.15) is 59.3 Å². The van der Waals surface area contributed by atoms with Gasteiger partial charge in [-0.1, -0.05) is 39.0 Å². The Kier molecular flexibility index (Phi) is 28.1. The third kappa shape index (κ3) is 19.2. The van der Waals surface area contributed by atoms with E-state index in [1.54, 1.807) is 0 Å². The number of carbonyl (C=O) groups is 1. The maximum absolute atomic E-state index is 12.6. The molecule has 2 fully saturated rings. The maximum atomic E-state index is 12.6. The van der Waals surface area contributed by atoms with Gasteiger partial charge in [0.25, 0.3) is 0 Å². The van der Waals surface area contributed by atoms with Gasteiger partial charge in [0, 0.05) is 13.5 Å². The van der Waals surface area contributed by atoms with Crippen LogP contribution < -0.4 is 64.4 Å². The van der Waals surface area contributed by atoms with Gasteiger partial charge in [-0.25, -0.2) is 16.8 Å². The van der Waals surface area contributed by atoms with Gasteiger partial charge in [0.15, 0.2) is 12.6 Å². The summed E-state index contributed by atoms with van der Waals surface area (Å²) < 4.78 is 112. The van der Waals surface area contributed by atoms with Gasteiger partial charge in [-0.2, -0.15) is 0 Å². The molecule has 0 aromatic heterocycles. The molecule has 2 saturated heterocycles. The SMILES string of the molecule is CCCCCCCCO[C@H]1O[C@H](COC(CO)(CO)COS(=O)(=O)[O-])[C@@H](OCC(CO)(CO)COS(=O)(=O)[O-])[C@H](O[C@@H]2O[C@@H](C)[C@@H](O)[C@@H](O)[C@@H]2O)[C@H]1NC(C)=O.[Na+].[Na+]. The topological polar surface area (TPSA) is 359 Å². The van der Waals surface area contributed by atoms with Crippen molar-refractivity contribution >= 4 is 26.7 Å². The van der Waals surface area contributed by atoms with Crippen molar-refractivity contribution in [3.05, 3.63) is 0 Å². The Bertz CT molecular complexity index is 1380. The fourth-order valence-corrected chi connectivity index (χ4v) is 6.50. The van der Waals surface area contributed by atoms with Crippen LogP contribution in [0.3, 0.4) is 0 Å². The number of carbonyl (C=O) groups excluding carboxylic acids is 1. The third-order valence-corrected chi connectivity index (χ3v) is 10.1. The van der Waals surface area contributed by atoms with Crippen LogP contribution in [0.5, 0.6) is 0 Å². The van der Waals surface area contributed by atoms with Gasteiger partial charge in [-0.05, 0) is 13.3 Å². The number of aliphatic hydroxyl groups is 7. The number of amides is 1. The van der Waals surface area contributed by atoms with Crippen LogP contribution in [-0.4, -0.2) is 194 Å². The van der Waals surface area contributed by atoms with E-state index in [0.29, 0.717) is 6.42 Å². The normalized spacial score (nSPS) is 28.3. The molecule has 58 heavy (non-hydrogen) atoms. The summed E-state index contributed by atoms with van der Waals surface area (Å²) >= 11 is 0. The quantitative estimate of drug-likeness (QED) is 0.0164. The smallest absolute Gasteiger partial charge is 0.726 e. The Balaban J connectivity index is 0.0000162. The molecule has 0 saturated carbocycles. The molecular weight excluding hydrogens is 848 g/mol. The molecule has 2 aliphatic rings. The zero-order valence-electron chi connectivity index (χ0n) is 33.5. The van der Waals surface area contributed by atoms with Crippen molar-refractivity contribution in [3.63, 3.8) is 0 Å². The first-order valence-corrected chi connectivity index (χ1v) is 20.6. The van der Waals surface area contributed by atoms with Gasteiger partial charge in [0.05, 0.1) is 64.4 Å². The van der Waals surface area contributed by atoms with Crippen LogP contribution >= 0.6 is 0 Å². The minimum absolute atomic E-state index is 0. The summed E-state index contributed by atoms with van der Waals surface area (Å²) in [4.78, 5) is 12.6. The Hall–Kier alpha value is 0.690. The molecular formula is C31H57NNa2O22S2. The van der Waals surface area contributed by atoms with Crippen LogP contribution in [-0.2, 0) is 62.4 Å². The molecule has 1 amide bonds. The largest absolute Gasteiger partial charge is 1.00 e. The fraction of sp³-hybridized carbons (Fsp3) is 0.968. The first-order chi connectivity index (χ1) is 26.2. The molecule has 332 valence electrons. The van der Waals surface area contributed by atoms with Gasteiger partial charge in [-0.3, -0.25) is 13.2 Å². The molecule has 0 bridgehead atoms. The zero-order chi connectivity index (χ0) is 42.3. The van der Waals surface area contributed by atoms with E-state index in [1.165, 1.54) is 6.92 Å². The molecule has 2 heterocycles. The molecule has 10 atom stereocenters. The van der Waals surface area contributed by atoms with Gasteiger partial charge in [0.2, 0.25) is 26.7 Å². The van der Waals surface area contributed by atoms with E-state index >= 15 is 0 Å². The van der Waals surface area contributed by atoms with Crippen molar-refractivity contribution in [2.45, 2.75) is 126 Å². The van der Waals surface area contributed by atoms with Gasteiger partial charge < -0.3 is 78.6 Å². The molecule has 23 nitrogen and oxygen atoms in total. The summed E-state index contributed by atoms with van der Waals surface area (Å²) in [7, 11) is -10.7. The van der Waals surface area contributed by atoms with Crippen molar-refractivity contribution in [1.29, 1.82) is 0 Å². The number of unbranched alkanes of at least 4 members (excludes halogenated alkanes) is 5. The fourth-order valence-electron chi connectivity index (χ4n) is 5.75. The molecule has 0 aromatic carbocycles. The van der Waals surface area contributed by atoms with Gasteiger partial charge in [0.1, 0.15) is 48.3 Å². The zero-order valence-corrected chi connectivity index (χ0v) is 39.1. The van der Waals surface area contributed by atoms with Crippen molar-refractivity contribution in [1.82, 2.24) is 5.32 Å². The van der Waals surface area contributed by atoms with E-state index in [9.17, 15) is 66.5 Å². The summed E-state index contributed by atoms with van der Waals surface area (Å²) in [5.74, 6) is -0.674. The Labute approximate surface area is 382 Å². The third-order valence-electron chi connectivity index (χ3n) is 9.25. The number of ether oxygens (including phenoxy) is 6. The summed E-state index contributed by atoms with van der Waals surface area (Å²) in [6.07, 6.45) is -9.34. The second kappa shape index (κ2) is 27.8. The number of aliphatic hydroxyl groups excluding tert-OH is 7. The minimum atomic E-state index is -5.36. The molecule has 8 N–H and O–H groups in total. The Morgan fingerprint density at radius 1 is 0.741 bits per heavy atom. The second-order valence-electron chi connectivity index (χ2n) is 13.9. The van der Waals surface area contributed by atoms with E-state index < -0.39 is 152 Å². The summed E-state index contributed by atoms with van der Waals surface area (Å²) in [5.41, 5.74) is -4.30.